The minimum atomic E-state index is -0.427. The van der Waals surface area contributed by atoms with Crippen molar-refractivity contribution >= 4 is 10.9 Å². The van der Waals surface area contributed by atoms with Crippen LogP contribution in [0.4, 0.5) is 4.39 Å². The Morgan fingerprint density at radius 1 is 1.33 bits per heavy atom. The zero-order valence-electron chi connectivity index (χ0n) is 8.97. The summed E-state index contributed by atoms with van der Waals surface area (Å²) in [5, 5.41) is 0.283. The molecule has 2 rings (SSSR count). The van der Waals surface area contributed by atoms with Crippen LogP contribution in [0.3, 0.4) is 0 Å². The van der Waals surface area contributed by atoms with E-state index < -0.39 is 5.82 Å². The van der Waals surface area contributed by atoms with Crippen molar-refractivity contribution < 1.29 is 4.39 Å². The third kappa shape index (κ3) is 2.40. The lowest BCUT2D eigenvalue weighted by molar-refractivity contribution is 0.629. The number of nitrogens with one attached hydrogen (secondary N) is 1. The number of H-pyrrole nitrogens is 1. The molecule has 0 amide bonds. The predicted molar refractivity (Wildman–Crippen MR) is 58.4 cm³/mol. The van der Waals surface area contributed by atoms with Crippen molar-refractivity contribution in [1.82, 2.24) is 9.97 Å². The van der Waals surface area contributed by atoms with Gasteiger partial charge < -0.3 is 4.98 Å². The van der Waals surface area contributed by atoms with Gasteiger partial charge in [-0.2, -0.15) is 0 Å². The zero-order chi connectivity index (χ0) is 11.4. The van der Waals surface area contributed by atoms with E-state index in [-0.39, 0.29) is 10.9 Å². The third-order valence-corrected chi connectivity index (χ3v) is 1.79. The Morgan fingerprint density at radius 2 is 2.00 bits per heavy atom. The molecule has 0 bridgehead atoms. The fourth-order valence-corrected chi connectivity index (χ4v) is 1.23. The Balaban J connectivity index is 0.000000531. The maximum absolute atomic E-state index is 12.7. The molecule has 0 unspecified atom stereocenters. The normalized spacial score (nSPS) is 9.60. The molecule has 80 valence electrons. The average Bonchev–Trinajstić information content (AvgIpc) is 2.22. The summed E-state index contributed by atoms with van der Waals surface area (Å²) in [6.45, 7) is 5.68. The Hall–Kier alpha value is -1.71. The molecule has 0 spiro atoms. The lowest BCUT2D eigenvalue weighted by Gasteiger charge is -1.97. The van der Waals surface area contributed by atoms with Gasteiger partial charge in [-0.15, -0.1) is 0 Å². The second kappa shape index (κ2) is 4.68. The molecule has 1 N–H and O–H groups in total. The highest BCUT2D eigenvalue weighted by molar-refractivity contribution is 5.77. The summed E-state index contributed by atoms with van der Waals surface area (Å²) >= 11 is 0. The van der Waals surface area contributed by atoms with Gasteiger partial charge in [-0.05, 0) is 25.1 Å². The molecule has 0 aliphatic carbocycles. The summed E-state index contributed by atoms with van der Waals surface area (Å²) in [7, 11) is 0. The first-order valence-corrected chi connectivity index (χ1v) is 4.83. The zero-order valence-corrected chi connectivity index (χ0v) is 8.97. The molecule has 2 aromatic rings. The molecule has 0 saturated heterocycles. The number of benzene rings is 1. The van der Waals surface area contributed by atoms with Gasteiger partial charge in [0.15, 0.2) is 0 Å². The largest absolute Gasteiger partial charge is 0.310 e. The number of hydrogen-bond acceptors (Lipinski definition) is 2. The van der Waals surface area contributed by atoms with E-state index in [2.05, 4.69) is 9.97 Å². The molecule has 1 aromatic carbocycles. The molecule has 3 nitrogen and oxygen atoms in total. The molecule has 0 radical (unpaired) electrons. The maximum atomic E-state index is 12.7. The van der Waals surface area contributed by atoms with E-state index in [4.69, 9.17) is 0 Å². The van der Waals surface area contributed by atoms with E-state index in [0.717, 1.165) is 0 Å². The molecule has 0 atom stereocenters. The van der Waals surface area contributed by atoms with Gasteiger partial charge >= 0.3 is 0 Å². The first kappa shape index (κ1) is 11.4. The molecule has 1 aromatic heterocycles. The lowest BCUT2D eigenvalue weighted by atomic mass is 10.2. The number of fused-ring (bicyclic) bond motifs is 1. The van der Waals surface area contributed by atoms with Gasteiger partial charge in [0.1, 0.15) is 11.6 Å². The van der Waals surface area contributed by atoms with E-state index in [1.54, 1.807) is 6.92 Å². The Morgan fingerprint density at radius 3 is 2.67 bits per heavy atom. The molecule has 15 heavy (non-hydrogen) atoms. The number of aryl methyl sites for hydroxylation is 1. The summed E-state index contributed by atoms with van der Waals surface area (Å²) < 4.78 is 12.7. The van der Waals surface area contributed by atoms with Crippen LogP contribution in [-0.4, -0.2) is 9.97 Å². The van der Waals surface area contributed by atoms with Crippen LogP contribution < -0.4 is 5.56 Å². The summed E-state index contributed by atoms with van der Waals surface area (Å²) in [4.78, 5) is 17.9. The molecule has 4 heteroatoms. The summed E-state index contributed by atoms with van der Waals surface area (Å²) in [6, 6.07) is 3.96. The SMILES string of the molecule is CC.Cc1nc2ccc(F)cc2c(=O)[nH]1. The van der Waals surface area contributed by atoms with Crippen LogP contribution in [0.5, 0.6) is 0 Å². The van der Waals surface area contributed by atoms with E-state index in [0.29, 0.717) is 11.3 Å². The second-order valence-corrected chi connectivity index (χ2v) is 2.81. The molecule has 0 aliphatic heterocycles. The molecule has 0 fully saturated rings. The van der Waals surface area contributed by atoms with Gasteiger partial charge in [-0.25, -0.2) is 9.37 Å². The lowest BCUT2D eigenvalue weighted by Crippen LogP contribution is -2.09. The number of hydrogen-bond donors (Lipinski definition) is 1. The second-order valence-electron chi connectivity index (χ2n) is 2.81. The third-order valence-electron chi connectivity index (χ3n) is 1.79. The summed E-state index contributed by atoms with van der Waals surface area (Å²) in [5.41, 5.74) is 0.213. The van der Waals surface area contributed by atoms with Gasteiger partial charge in [0.25, 0.3) is 5.56 Å². The van der Waals surface area contributed by atoms with Crippen molar-refractivity contribution in [3.05, 3.63) is 40.2 Å². The Bertz CT molecular complexity index is 519. The van der Waals surface area contributed by atoms with E-state index in [1.807, 2.05) is 13.8 Å². The number of rotatable bonds is 0. The molecular formula is C11H13FN2O. The molecular weight excluding hydrogens is 195 g/mol. The van der Waals surface area contributed by atoms with Crippen LogP contribution in [0.25, 0.3) is 10.9 Å². The number of nitrogens with zero attached hydrogens (tertiary/aromatic N) is 1. The van der Waals surface area contributed by atoms with Crippen LogP contribution in [0.15, 0.2) is 23.0 Å². The first-order chi connectivity index (χ1) is 7.16. The van der Waals surface area contributed by atoms with Gasteiger partial charge in [-0.1, -0.05) is 13.8 Å². The van der Waals surface area contributed by atoms with E-state index in [9.17, 15) is 9.18 Å². The molecule has 0 aliphatic rings. The topological polar surface area (TPSA) is 45.8 Å². The van der Waals surface area contributed by atoms with Crippen molar-refractivity contribution in [2.45, 2.75) is 20.8 Å². The van der Waals surface area contributed by atoms with Crippen LogP contribution in [-0.2, 0) is 0 Å². The van der Waals surface area contributed by atoms with Crippen LogP contribution in [0, 0.1) is 12.7 Å². The fourth-order valence-electron chi connectivity index (χ4n) is 1.23. The van der Waals surface area contributed by atoms with Gasteiger partial charge in [-0.3, -0.25) is 4.79 Å². The van der Waals surface area contributed by atoms with Crippen molar-refractivity contribution in [3.8, 4) is 0 Å². The average molecular weight is 208 g/mol. The quantitative estimate of drug-likeness (QED) is 0.722. The van der Waals surface area contributed by atoms with Crippen LogP contribution in [0.2, 0.25) is 0 Å². The maximum Gasteiger partial charge on any atom is 0.258 e. The number of aromatic nitrogens is 2. The summed E-state index contributed by atoms with van der Waals surface area (Å²) in [5.74, 6) is 0.104. The van der Waals surface area contributed by atoms with Gasteiger partial charge in [0, 0.05) is 0 Å². The highest BCUT2D eigenvalue weighted by atomic mass is 19.1. The monoisotopic (exact) mass is 208 g/mol. The highest BCUT2D eigenvalue weighted by Crippen LogP contribution is 2.08. The number of halogens is 1. The summed E-state index contributed by atoms with van der Waals surface area (Å²) in [6.07, 6.45) is 0. The van der Waals surface area contributed by atoms with Crippen molar-refractivity contribution in [3.63, 3.8) is 0 Å². The fraction of sp³-hybridized carbons (Fsp3) is 0.273. The molecule has 1 heterocycles. The Labute approximate surface area is 87.0 Å². The van der Waals surface area contributed by atoms with Crippen molar-refractivity contribution in [2.75, 3.05) is 0 Å². The highest BCUT2D eigenvalue weighted by Gasteiger charge is 2.01. The minimum Gasteiger partial charge on any atom is -0.310 e. The standard InChI is InChI=1S/C9H7FN2O.C2H6/c1-5-11-8-3-2-6(10)4-7(8)9(13)12-5;1-2/h2-4H,1H3,(H,11,12,13);1-2H3. The number of aromatic amines is 1. The minimum absolute atomic E-state index is 0.283. The van der Waals surface area contributed by atoms with Gasteiger partial charge in [0.05, 0.1) is 10.9 Å². The van der Waals surface area contributed by atoms with Crippen LogP contribution in [0.1, 0.15) is 19.7 Å². The van der Waals surface area contributed by atoms with E-state index >= 15 is 0 Å². The van der Waals surface area contributed by atoms with E-state index in [1.165, 1.54) is 18.2 Å². The van der Waals surface area contributed by atoms with Crippen molar-refractivity contribution in [1.29, 1.82) is 0 Å². The molecule has 0 saturated carbocycles. The smallest absolute Gasteiger partial charge is 0.258 e. The van der Waals surface area contributed by atoms with Crippen LogP contribution >= 0.6 is 0 Å². The predicted octanol–water partition coefficient (Wildman–Crippen LogP) is 2.40. The first-order valence-electron chi connectivity index (χ1n) is 4.83. The van der Waals surface area contributed by atoms with Gasteiger partial charge in [0.2, 0.25) is 0 Å². The van der Waals surface area contributed by atoms with Crippen molar-refractivity contribution in [2.24, 2.45) is 0 Å². The Kier molecular flexibility index (Phi) is 3.55.